The lowest BCUT2D eigenvalue weighted by atomic mass is 9.97. The van der Waals surface area contributed by atoms with Crippen LogP contribution in [-0.2, 0) is 4.74 Å². The number of nitrogens with zero attached hydrogens (tertiary/aromatic N) is 1. The Bertz CT molecular complexity index is 356. The van der Waals surface area contributed by atoms with Gasteiger partial charge in [-0.15, -0.1) is 0 Å². The highest BCUT2D eigenvalue weighted by Gasteiger charge is 2.41. The van der Waals surface area contributed by atoms with E-state index >= 15 is 0 Å². The molecule has 1 heterocycles. The van der Waals surface area contributed by atoms with Crippen LogP contribution in [-0.4, -0.2) is 53.8 Å². The lowest BCUT2D eigenvalue weighted by molar-refractivity contribution is 0.0184. The second kappa shape index (κ2) is 6.78. The smallest absolute Gasteiger partial charge is 0.410 e. The fourth-order valence-electron chi connectivity index (χ4n) is 2.74. The predicted molar refractivity (Wildman–Crippen MR) is 88.9 cm³/mol. The van der Waals surface area contributed by atoms with Crippen molar-refractivity contribution >= 4 is 17.9 Å². The fourth-order valence-corrected chi connectivity index (χ4v) is 3.50. The normalized spacial score (nSPS) is 22.2. The third kappa shape index (κ3) is 5.37. The molecule has 0 bridgehead atoms. The molecule has 1 saturated carbocycles. The van der Waals surface area contributed by atoms with E-state index in [0.29, 0.717) is 10.7 Å². The summed E-state index contributed by atoms with van der Waals surface area (Å²) in [6.45, 7) is 9.64. The number of carbonyl (C=O) groups excluding carboxylic acids is 1. The van der Waals surface area contributed by atoms with Gasteiger partial charge in [0, 0.05) is 24.4 Å². The Balaban J connectivity index is 1.63. The molecule has 0 atom stereocenters. The first-order valence-electron chi connectivity index (χ1n) is 8.07. The highest BCUT2D eigenvalue weighted by molar-refractivity contribution is 8.00. The van der Waals surface area contributed by atoms with Gasteiger partial charge >= 0.3 is 6.09 Å². The molecule has 0 aromatic rings. The number of rotatable bonds is 5. The van der Waals surface area contributed by atoms with Crippen molar-refractivity contribution in [2.45, 2.75) is 56.8 Å². The third-order valence-electron chi connectivity index (χ3n) is 4.39. The van der Waals surface area contributed by atoms with Gasteiger partial charge in [0.25, 0.3) is 0 Å². The second-order valence-electron chi connectivity index (χ2n) is 7.43. The molecule has 1 aliphatic heterocycles. The van der Waals surface area contributed by atoms with E-state index in [4.69, 9.17) is 4.74 Å². The van der Waals surface area contributed by atoms with Gasteiger partial charge in [-0.05, 0) is 65.2 Å². The van der Waals surface area contributed by atoms with Gasteiger partial charge in [-0.25, -0.2) is 4.79 Å². The molecule has 21 heavy (non-hydrogen) atoms. The van der Waals surface area contributed by atoms with Crippen molar-refractivity contribution in [1.29, 1.82) is 0 Å². The van der Waals surface area contributed by atoms with Crippen molar-refractivity contribution in [2.24, 2.45) is 5.92 Å². The van der Waals surface area contributed by atoms with E-state index in [-0.39, 0.29) is 6.09 Å². The third-order valence-corrected chi connectivity index (χ3v) is 5.81. The number of hydrogen-bond acceptors (Lipinski definition) is 4. The molecule has 0 aromatic heterocycles. The number of amides is 1. The van der Waals surface area contributed by atoms with Crippen LogP contribution in [0.4, 0.5) is 4.79 Å². The number of hydrogen-bond donors (Lipinski definition) is 1. The summed E-state index contributed by atoms with van der Waals surface area (Å²) < 4.78 is 5.97. The molecule has 0 radical (unpaired) electrons. The molecule has 1 N–H and O–H groups in total. The van der Waals surface area contributed by atoms with Gasteiger partial charge in [0.2, 0.25) is 0 Å². The van der Waals surface area contributed by atoms with E-state index in [1.807, 2.05) is 37.4 Å². The average Bonchev–Trinajstić information content (AvgIpc) is 3.18. The van der Waals surface area contributed by atoms with Crippen LogP contribution in [0, 0.1) is 5.92 Å². The lowest BCUT2D eigenvalue weighted by Gasteiger charge is -2.33. The van der Waals surface area contributed by atoms with E-state index < -0.39 is 5.60 Å². The molecular formula is C16H30N2O2S. The van der Waals surface area contributed by atoms with Crippen molar-refractivity contribution in [1.82, 2.24) is 10.2 Å². The molecule has 1 aliphatic carbocycles. The van der Waals surface area contributed by atoms with Crippen molar-refractivity contribution in [3.05, 3.63) is 0 Å². The van der Waals surface area contributed by atoms with Crippen LogP contribution in [0.5, 0.6) is 0 Å². The van der Waals surface area contributed by atoms with Crippen LogP contribution in [0.1, 0.15) is 46.5 Å². The first kappa shape index (κ1) is 16.9. The summed E-state index contributed by atoms with van der Waals surface area (Å²) in [6.07, 6.45) is 6.94. The van der Waals surface area contributed by atoms with Gasteiger partial charge in [0.15, 0.2) is 0 Å². The number of nitrogens with one attached hydrogen (secondary N) is 1. The van der Waals surface area contributed by atoms with E-state index in [1.54, 1.807) is 0 Å². The topological polar surface area (TPSA) is 41.6 Å². The van der Waals surface area contributed by atoms with Crippen LogP contribution in [0.15, 0.2) is 0 Å². The van der Waals surface area contributed by atoms with E-state index in [0.717, 1.165) is 39.0 Å². The minimum Gasteiger partial charge on any atom is -0.444 e. The van der Waals surface area contributed by atoms with Gasteiger partial charge in [0.05, 0.1) is 0 Å². The maximum atomic E-state index is 12.0. The molecule has 2 aliphatic rings. The van der Waals surface area contributed by atoms with Gasteiger partial charge in [-0.1, -0.05) is 0 Å². The summed E-state index contributed by atoms with van der Waals surface area (Å²) in [4.78, 5) is 13.9. The van der Waals surface area contributed by atoms with Gasteiger partial charge in [-0.2, -0.15) is 11.8 Å². The molecule has 1 amide bonds. The van der Waals surface area contributed by atoms with Crippen molar-refractivity contribution in [3.8, 4) is 0 Å². The first-order chi connectivity index (χ1) is 9.84. The Morgan fingerprint density at radius 1 is 1.33 bits per heavy atom. The van der Waals surface area contributed by atoms with Crippen molar-refractivity contribution in [2.75, 3.05) is 32.4 Å². The molecule has 122 valence electrons. The summed E-state index contributed by atoms with van der Waals surface area (Å²) in [5.41, 5.74) is -0.397. The molecule has 4 nitrogen and oxygen atoms in total. The number of piperidine rings is 1. The van der Waals surface area contributed by atoms with Crippen LogP contribution in [0.2, 0.25) is 0 Å². The highest BCUT2D eigenvalue weighted by atomic mass is 32.2. The molecule has 2 fully saturated rings. The fraction of sp³-hybridized carbons (Fsp3) is 0.938. The second-order valence-corrected chi connectivity index (χ2v) is 8.70. The Morgan fingerprint density at radius 3 is 2.43 bits per heavy atom. The lowest BCUT2D eigenvalue weighted by Crippen LogP contribution is -2.43. The maximum absolute atomic E-state index is 12.0. The maximum Gasteiger partial charge on any atom is 0.410 e. The zero-order chi connectivity index (χ0) is 15.5. The number of carbonyl (C=O) groups is 1. The molecule has 2 rings (SSSR count). The van der Waals surface area contributed by atoms with Crippen LogP contribution in [0.3, 0.4) is 0 Å². The largest absolute Gasteiger partial charge is 0.444 e. The Kier molecular flexibility index (Phi) is 5.47. The van der Waals surface area contributed by atoms with Crippen molar-refractivity contribution in [3.63, 3.8) is 0 Å². The molecule has 0 spiro atoms. The van der Waals surface area contributed by atoms with Crippen LogP contribution in [0.25, 0.3) is 0 Å². The summed E-state index contributed by atoms with van der Waals surface area (Å²) in [6, 6.07) is 0. The van der Waals surface area contributed by atoms with E-state index in [2.05, 4.69) is 11.6 Å². The number of likely N-dealkylation sites (tertiary alicyclic amines) is 1. The molecule has 1 saturated heterocycles. The minimum absolute atomic E-state index is 0.159. The van der Waals surface area contributed by atoms with Crippen molar-refractivity contribution < 1.29 is 9.53 Å². The molecule has 5 heteroatoms. The predicted octanol–water partition coefficient (Wildman–Crippen LogP) is 3.12. The van der Waals surface area contributed by atoms with Gasteiger partial charge in [0.1, 0.15) is 5.60 Å². The molecule has 0 aromatic carbocycles. The zero-order valence-electron chi connectivity index (χ0n) is 13.9. The van der Waals surface area contributed by atoms with E-state index in [1.165, 1.54) is 12.8 Å². The first-order valence-corrected chi connectivity index (χ1v) is 9.30. The average molecular weight is 314 g/mol. The minimum atomic E-state index is -0.397. The SMILES string of the molecule is CSC1(CNCC2CCN(C(=O)OC(C)(C)C)CC2)CC1. The van der Waals surface area contributed by atoms with Crippen LogP contribution >= 0.6 is 11.8 Å². The summed E-state index contributed by atoms with van der Waals surface area (Å²) in [7, 11) is 0. The highest BCUT2D eigenvalue weighted by Crippen LogP contribution is 2.46. The van der Waals surface area contributed by atoms with Gasteiger partial charge < -0.3 is 15.0 Å². The summed E-state index contributed by atoms with van der Waals surface area (Å²) >= 11 is 2.00. The van der Waals surface area contributed by atoms with Gasteiger partial charge in [-0.3, -0.25) is 0 Å². The molecular weight excluding hydrogens is 284 g/mol. The summed E-state index contributed by atoms with van der Waals surface area (Å²) in [5.74, 6) is 0.696. The zero-order valence-corrected chi connectivity index (χ0v) is 14.7. The Morgan fingerprint density at radius 2 is 1.95 bits per heavy atom. The quantitative estimate of drug-likeness (QED) is 0.846. The monoisotopic (exact) mass is 314 g/mol. The number of thioether (sulfide) groups is 1. The Labute approximate surface area is 133 Å². The molecule has 0 unspecified atom stereocenters. The standard InChI is InChI=1S/C16H30N2O2S/c1-15(2,3)20-14(19)18-9-5-13(6-10-18)11-17-12-16(21-4)7-8-16/h13,17H,5-12H2,1-4H3. The Hall–Kier alpha value is -0.420. The van der Waals surface area contributed by atoms with Crippen LogP contribution < -0.4 is 5.32 Å². The summed E-state index contributed by atoms with van der Waals surface area (Å²) in [5, 5.41) is 3.64. The number of ether oxygens (including phenoxy) is 1. The van der Waals surface area contributed by atoms with E-state index in [9.17, 15) is 4.79 Å².